The fourth-order valence-electron chi connectivity index (χ4n) is 2.62. The second kappa shape index (κ2) is 13.2. The SMILES string of the molecule is C=CCC(C)(C)C.CC(C)(C)C1CC1.CC(C)(C)C1CNC1.CC(C)(C)CCO. The Morgan fingerprint density at radius 3 is 1.17 bits per heavy atom. The van der Waals surface area contributed by atoms with E-state index in [1.165, 1.54) is 25.9 Å². The van der Waals surface area contributed by atoms with Crippen LogP contribution in [0.2, 0.25) is 0 Å². The van der Waals surface area contributed by atoms with Gasteiger partial charge in [0.2, 0.25) is 0 Å². The molecular formula is C27H57NO. The number of aliphatic hydroxyl groups is 1. The summed E-state index contributed by atoms with van der Waals surface area (Å²) in [5.41, 5.74) is 1.88. The van der Waals surface area contributed by atoms with E-state index in [9.17, 15) is 0 Å². The van der Waals surface area contributed by atoms with Crippen LogP contribution in [0.15, 0.2) is 12.7 Å². The molecule has 176 valence electrons. The first-order valence-corrected chi connectivity index (χ1v) is 11.8. The highest BCUT2D eigenvalue weighted by Gasteiger charge is 2.33. The molecule has 0 radical (unpaired) electrons. The van der Waals surface area contributed by atoms with E-state index in [2.05, 4.69) is 95.0 Å². The molecule has 2 N–H and O–H groups in total. The van der Waals surface area contributed by atoms with Crippen molar-refractivity contribution in [2.45, 2.75) is 109 Å². The van der Waals surface area contributed by atoms with Gasteiger partial charge in [0.25, 0.3) is 0 Å². The predicted molar refractivity (Wildman–Crippen MR) is 133 cm³/mol. The smallest absolute Gasteiger partial charge is 0.0436 e. The highest BCUT2D eigenvalue weighted by atomic mass is 16.3. The Morgan fingerprint density at radius 1 is 0.759 bits per heavy atom. The minimum Gasteiger partial charge on any atom is -0.396 e. The van der Waals surface area contributed by atoms with E-state index in [0.717, 1.165) is 24.7 Å². The summed E-state index contributed by atoms with van der Waals surface area (Å²) in [4.78, 5) is 0. The fourth-order valence-corrected chi connectivity index (χ4v) is 2.62. The molecule has 1 aliphatic heterocycles. The summed E-state index contributed by atoms with van der Waals surface area (Å²) in [5, 5.41) is 11.7. The monoisotopic (exact) mass is 411 g/mol. The zero-order chi connectivity index (χ0) is 23.5. The molecule has 2 fully saturated rings. The summed E-state index contributed by atoms with van der Waals surface area (Å²) < 4.78 is 0. The third kappa shape index (κ3) is 22.2. The van der Waals surface area contributed by atoms with Gasteiger partial charge < -0.3 is 10.4 Å². The van der Waals surface area contributed by atoms with Crippen LogP contribution in [-0.2, 0) is 0 Å². The summed E-state index contributed by atoms with van der Waals surface area (Å²) in [7, 11) is 0. The van der Waals surface area contributed by atoms with Gasteiger partial charge in [-0.2, -0.15) is 0 Å². The molecule has 2 rings (SSSR count). The molecule has 0 unspecified atom stereocenters. The van der Waals surface area contributed by atoms with Gasteiger partial charge >= 0.3 is 0 Å². The first-order chi connectivity index (χ1) is 12.8. The van der Waals surface area contributed by atoms with Crippen molar-refractivity contribution in [3.8, 4) is 0 Å². The van der Waals surface area contributed by atoms with Gasteiger partial charge in [-0.15, -0.1) is 6.58 Å². The van der Waals surface area contributed by atoms with E-state index < -0.39 is 0 Å². The molecule has 0 spiro atoms. The van der Waals surface area contributed by atoms with Crippen LogP contribution in [0.25, 0.3) is 0 Å². The molecule has 29 heavy (non-hydrogen) atoms. The van der Waals surface area contributed by atoms with Gasteiger partial charge in [-0.05, 0) is 72.3 Å². The Bertz CT molecular complexity index is 404. The molecule has 0 aromatic carbocycles. The lowest BCUT2D eigenvalue weighted by atomic mass is 9.77. The number of allylic oxidation sites excluding steroid dienone is 1. The van der Waals surface area contributed by atoms with E-state index in [-0.39, 0.29) is 0 Å². The average Bonchev–Trinajstić information content (AvgIpc) is 3.16. The lowest BCUT2D eigenvalue weighted by Gasteiger charge is -2.38. The second-order valence-electron chi connectivity index (χ2n) is 13.4. The van der Waals surface area contributed by atoms with E-state index in [4.69, 9.17) is 5.11 Å². The Labute approximate surface area is 185 Å². The van der Waals surface area contributed by atoms with Crippen molar-refractivity contribution in [1.82, 2.24) is 5.32 Å². The molecule has 2 aliphatic rings. The van der Waals surface area contributed by atoms with Gasteiger partial charge in [-0.1, -0.05) is 89.2 Å². The topological polar surface area (TPSA) is 32.3 Å². The first kappa shape index (κ1) is 30.9. The number of nitrogens with one attached hydrogen (secondary N) is 1. The van der Waals surface area contributed by atoms with Crippen molar-refractivity contribution in [1.29, 1.82) is 0 Å². The van der Waals surface area contributed by atoms with Crippen molar-refractivity contribution >= 4 is 0 Å². The van der Waals surface area contributed by atoms with Crippen LogP contribution in [0, 0.1) is 33.5 Å². The van der Waals surface area contributed by atoms with E-state index >= 15 is 0 Å². The number of rotatable bonds is 2. The molecule has 0 atom stereocenters. The summed E-state index contributed by atoms with van der Waals surface area (Å²) in [6, 6.07) is 0. The third-order valence-corrected chi connectivity index (χ3v) is 5.43. The van der Waals surface area contributed by atoms with Crippen molar-refractivity contribution in [2.75, 3.05) is 19.7 Å². The van der Waals surface area contributed by atoms with Crippen LogP contribution in [0.3, 0.4) is 0 Å². The van der Waals surface area contributed by atoms with Gasteiger partial charge in [0.05, 0.1) is 0 Å². The van der Waals surface area contributed by atoms with Gasteiger partial charge in [-0.3, -0.25) is 0 Å². The molecule has 0 aromatic heterocycles. The van der Waals surface area contributed by atoms with Crippen LogP contribution in [-0.4, -0.2) is 24.8 Å². The first-order valence-electron chi connectivity index (χ1n) is 11.8. The zero-order valence-corrected chi connectivity index (χ0v) is 22.3. The minimum atomic E-state index is 0.300. The van der Waals surface area contributed by atoms with Crippen LogP contribution in [0.4, 0.5) is 0 Å². The summed E-state index contributed by atoms with van der Waals surface area (Å²) in [6.07, 6.45) is 6.91. The van der Waals surface area contributed by atoms with Gasteiger partial charge in [-0.25, -0.2) is 0 Å². The third-order valence-electron chi connectivity index (χ3n) is 5.43. The quantitative estimate of drug-likeness (QED) is 0.456. The lowest BCUT2D eigenvalue weighted by molar-refractivity contribution is 0.165. The summed E-state index contributed by atoms with van der Waals surface area (Å²) in [5.74, 6) is 1.97. The Hall–Kier alpha value is -0.340. The molecule has 1 heterocycles. The van der Waals surface area contributed by atoms with Crippen LogP contribution in [0.1, 0.15) is 109 Å². The van der Waals surface area contributed by atoms with Crippen LogP contribution in [0.5, 0.6) is 0 Å². The van der Waals surface area contributed by atoms with Gasteiger partial charge in [0.15, 0.2) is 0 Å². The average molecular weight is 412 g/mol. The van der Waals surface area contributed by atoms with Gasteiger partial charge in [0, 0.05) is 6.61 Å². The van der Waals surface area contributed by atoms with Crippen molar-refractivity contribution < 1.29 is 5.11 Å². The number of aliphatic hydroxyl groups excluding tert-OH is 1. The lowest BCUT2D eigenvalue weighted by Crippen LogP contribution is -2.48. The molecule has 0 bridgehead atoms. The van der Waals surface area contributed by atoms with E-state index in [1.807, 2.05) is 6.08 Å². The molecule has 0 amide bonds. The Balaban J connectivity index is 0. The van der Waals surface area contributed by atoms with Crippen LogP contribution >= 0.6 is 0 Å². The molecule has 1 aliphatic carbocycles. The second-order valence-corrected chi connectivity index (χ2v) is 13.4. The van der Waals surface area contributed by atoms with E-state index in [1.54, 1.807) is 0 Å². The zero-order valence-electron chi connectivity index (χ0n) is 22.3. The Morgan fingerprint density at radius 2 is 1.17 bits per heavy atom. The summed E-state index contributed by atoms with van der Waals surface area (Å²) >= 11 is 0. The molecule has 0 aromatic rings. The number of hydrogen-bond donors (Lipinski definition) is 2. The summed E-state index contributed by atoms with van der Waals surface area (Å²) in [6.45, 7) is 33.2. The van der Waals surface area contributed by atoms with Crippen LogP contribution < -0.4 is 5.32 Å². The molecule has 1 saturated carbocycles. The Kier molecular flexibility index (Phi) is 14.0. The maximum absolute atomic E-state index is 8.40. The maximum Gasteiger partial charge on any atom is 0.0436 e. The molecular weight excluding hydrogens is 354 g/mol. The van der Waals surface area contributed by atoms with Crippen molar-refractivity contribution in [3.63, 3.8) is 0 Å². The normalized spacial score (nSPS) is 17.4. The highest BCUT2D eigenvalue weighted by Crippen LogP contribution is 2.44. The van der Waals surface area contributed by atoms with Gasteiger partial charge in [0.1, 0.15) is 0 Å². The number of hydrogen-bond acceptors (Lipinski definition) is 2. The molecule has 1 saturated heterocycles. The minimum absolute atomic E-state index is 0.300. The predicted octanol–water partition coefficient (Wildman–Crippen LogP) is 7.72. The standard InChI is InChI=1S/C7H15N.2C7H14.C6H14O/c1-7(2,3)6-4-8-5-6;1-7(2,3)6-4-5-6;1-5-6-7(2,3)4;1-6(2,3)4-5-7/h6,8H,4-5H2,1-3H3;6H,4-5H2,1-3H3;5H,1,6H2,2-4H3;7H,4-5H2,1-3H3. The molecule has 2 heteroatoms. The molecule has 2 nitrogen and oxygen atoms in total. The van der Waals surface area contributed by atoms with E-state index in [0.29, 0.717) is 28.3 Å². The largest absolute Gasteiger partial charge is 0.396 e. The fraction of sp³-hybridized carbons (Fsp3) is 0.926. The van der Waals surface area contributed by atoms with Crippen molar-refractivity contribution in [3.05, 3.63) is 12.7 Å². The highest BCUT2D eigenvalue weighted by molar-refractivity contribution is 4.85. The maximum atomic E-state index is 8.40. The van der Waals surface area contributed by atoms with Crippen molar-refractivity contribution in [2.24, 2.45) is 33.5 Å².